The van der Waals surface area contributed by atoms with E-state index in [1.54, 1.807) is 33.7 Å². The van der Waals surface area contributed by atoms with Crippen molar-refractivity contribution < 1.29 is 9.59 Å². The van der Waals surface area contributed by atoms with Crippen LogP contribution >= 0.6 is 0 Å². The second-order valence-corrected chi connectivity index (χ2v) is 6.46. The van der Waals surface area contributed by atoms with Gasteiger partial charge in [0.05, 0.1) is 0 Å². The Balaban J connectivity index is 1.93. The van der Waals surface area contributed by atoms with E-state index in [9.17, 15) is 14.4 Å². The maximum Gasteiger partial charge on any atom is 0.255 e. The van der Waals surface area contributed by atoms with Crippen LogP contribution in [0.5, 0.6) is 0 Å². The highest BCUT2D eigenvalue weighted by atomic mass is 16.2. The molecule has 1 aromatic heterocycles. The number of aromatic nitrogens is 1. The molecule has 1 atom stereocenters. The molecule has 23 heavy (non-hydrogen) atoms. The van der Waals surface area contributed by atoms with Gasteiger partial charge in [0.15, 0.2) is 0 Å². The highest BCUT2D eigenvalue weighted by Gasteiger charge is 2.52. The Morgan fingerprint density at radius 2 is 1.91 bits per heavy atom. The van der Waals surface area contributed by atoms with Crippen molar-refractivity contribution in [2.45, 2.75) is 44.7 Å². The number of aryl methyl sites for hydroxylation is 1. The van der Waals surface area contributed by atoms with Crippen LogP contribution in [0.4, 0.5) is 0 Å². The topological polar surface area (TPSA) is 62.6 Å². The van der Waals surface area contributed by atoms with Crippen LogP contribution in [0.3, 0.4) is 0 Å². The van der Waals surface area contributed by atoms with E-state index in [-0.39, 0.29) is 17.4 Å². The number of amides is 2. The molecule has 6 heteroatoms. The molecular formula is C17H23N3O3. The maximum atomic E-state index is 12.9. The van der Waals surface area contributed by atoms with Crippen molar-refractivity contribution in [3.8, 4) is 0 Å². The lowest BCUT2D eigenvalue weighted by Gasteiger charge is -2.43. The van der Waals surface area contributed by atoms with E-state index in [1.165, 1.54) is 6.07 Å². The van der Waals surface area contributed by atoms with Gasteiger partial charge in [0.25, 0.3) is 11.5 Å². The zero-order chi connectivity index (χ0) is 16.6. The predicted octanol–water partition coefficient (Wildman–Crippen LogP) is 1.10. The summed E-state index contributed by atoms with van der Waals surface area (Å²) in [5.74, 6) is -0.164. The van der Waals surface area contributed by atoms with Crippen LogP contribution in [0.2, 0.25) is 0 Å². The second-order valence-electron chi connectivity index (χ2n) is 6.46. The first-order valence-corrected chi connectivity index (χ1v) is 8.27. The Morgan fingerprint density at radius 1 is 1.22 bits per heavy atom. The van der Waals surface area contributed by atoms with E-state index < -0.39 is 5.54 Å². The predicted molar refractivity (Wildman–Crippen MR) is 86.2 cm³/mol. The molecule has 2 saturated heterocycles. The van der Waals surface area contributed by atoms with Gasteiger partial charge in [0.2, 0.25) is 5.91 Å². The number of rotatable bonds is 2. The minimum atomic E-state index is -0.705. The molecule has 2 fully saturated rings. The van der Waals surface area contributed by atoms with Crippen molar-refractivity contribution in [1.29, 1.82) is 0 Å². The molecule has 0 saturated carbocycles. The molecule has 1 spiro atoms. The third kappa shape index (κ3) is 2.46. The van der Waals surface area contributed by atoms with Gasteiger partial charge in [-0.05, 0) is 38.7 Å². The molecule has 6 nitrogen and oxygen atoms in total. The van der Waals surface area contributed by atoms with E-state index in [2.05, 4.69) is 0 Å². The summed E-state index contributed by atoms with van der Waals surface area (Å²) >= 11 is 0. The number of carbonyl (C=O) groups excluding carboxylic acids is 2. The molecule has 0 bridgehead atoms. The number of nitrogens with zero attached hydrogens (tertiary/aromatic N) is 3. The fourth-order valence-electron chi connectivity index (χ4n) is 3.89. The summed E-state index contributed by atoms with van der Waals surface area (Å²) in [5, 5.41) is 0. The molecule has 2 aliphatic heterocycles. The summed E-state index contributed by atoms with van der Waals surface area (Å²) in [6.45, 7) is 3.78. The summed E-state index contributed by atoms with van der Waals surface area (Å²) in [6, 6.07) is 3.06. The van der Waals surface area contributed by atoms with E-state index in [0.29, 0.717) is 31.5 Å². The molecule has 124 valence electrons. The Hall–Kier alpha value is -2.11. The highest BCUT2D eigenvalue weighted by molar-refractivity contribution is 5.99. The average molecular weight is 317 g/mol. The minimum Gasteiger partial charge on any atom is -0.344 e. The van der Waals surface area contributed by atoms with Crippen molar-refractivity contribution in [3.05, 3.63) is 34.2 Å². The number of hydrogen-bond donors (Lipinski definition) is 0. The Labute approximate surface area is 135 Å². The standard InChI is InChI=1S/C17H23N3O3/c1-3-19-11-6-13(12-14(19)21)15(22)20-10-5-8-17(20)7-4-9-18(2)16(17)23/h6,11-12H,3-5,7-10H2,1-2H3. The largest absolute Gasteiger partial charge is 0.344 e. The molecule has 0 N–H and O–H groups in total. The average Bonchev–Trinajstić information content (AvgIpc) is 2.96. The number of pyridine rings is 1. The normalized spacial score (nSPS) is 24.5. The van der Waals surface area contributed by atoms with Gasteiger partial charge in [-0.15, -0.1) is 0 Å². The smallest absolute Gasteiger partial charge is 0.255 e. The lowest BCUT2D eigenvalue weighted by Crippen LogP contribution is -2.60. The Kier molecular flexibility index (Phi) is 4.00. The first-order chi connectivity index (χ1) is 11.0. The van der Waals surface area contributed by atoms with Crippen LogP contribution < -0.4 is 5.56 Å². The van der Waals surface area contributed by atoms with Crippen LogP contribution in [0.1, 0.15) is 43.0 Å². The van der Waals surface area contributed by atoms with Crippen molar-refractivity contribution in [2.24, 2.45) is 0 Å². The molecule has 0 radical (unpaired) electrons. The third-order valence-corrected chi connectivity index (χ3v) is 5.15. The molecule has 3 rings (SSSR count). The summed E-state index contributed by atoms with van der Waals surface area (Å²) in [4.78, 5) is 41.1. The van der Waals surface area contributed by atoms with Crippen molar-refractivity contribution in [2.75, 3.05) is 20.1 Å². The van der Waals surface area contributed by atoms with E-state index in [4.69, 9.17) is 0 Å². The summed E-state index contributed by atoms with van der Waals surface area (Å²) < 4.78 is 1.55. The first-order valence-electron chi connectivity index (χ1n) is 8.27. The molecular weight excluding hydrogens is 294 g/mol. The van der Waals surface area contributed by atoms with Crippen molar-refractivity contribution in [3.63, 3.8) is 0 Å². The van der Waals surface area contributed by atoms with Crippen molar-refractivity contribution >= 4 is 11.8 Å². The molecule has 2 amide bonds. The quantitative estimate of drug-likeness (QED) is 0.820. The van der Waals surface area contributed by atoms with Gasteiger partial charge >= 0.3 is 0 Å². The van der Waals surface area contributed by atoms with Crippen molar-refractivity contribution in [1.82, 2.24) is 14.4 Å². The van der Waals surface area contributed by atoms with Crippen LogP contribution in [0.15, 0.2) is 23.1 Å². The van der Waals surface area contributed by atoms with E-state index in [1.807, 2.05) is 6.92 Å². The Morgan fingerprint density at radius 3 is 2.57 bits per heavy atom. The summed E-state index contributed by atoms with van der Waals surface area (Å²) in [7, 11) is 1.80. The van der Waals surface area contributed by atoms with E-state index in [0.717, 1.165) is 19.4 Å². The molecule has 3 heterocycles. The molecule has 1 aromatic rings. The van der Waals surface area contributed by atoms with Gasteiger partial charge in [-0.2, -0.15) is 0 Å². The molecule has 2 aliphatic rings. The van der Waals surface area contributed by atoms with E-state index >= 15 is 0 Å². The first kappa shape index (κ1) is 15.8. The van der Waals surface area contributed by atoms with Crippen LogP contribution in [-0.2, 0) is 11.3 Å². The lowest BCUT2D eigenvalue weighted by molar-refractivity contribution is -0.144. The minimum absolute atomic E-state index is 0.0384. The second kappa shape index (κ2) is 5.83. The van der Waals surface area contributed by atoms with Gasteiger partial charge < -0.3 is 14.4 Å². The number of carbonyl (C=O) groups is 2. The number of hydrogen-bond acceptors (Lipinski definition) is 3. The zero-order valence-electron chi connectivity index (χ0n) is 13.7. The van der Waals surface area contributed by atoms with Crippen LogP contribution in [0, 0.1) is 0 Å². The molecule has 0 aromatic carbocycles. The molecule has 0 aliphatic carbocycles. The lowest BCUT2D eigenvalue weighted by atomic mass is 9.85. The van der Waals surface area contributed by atoms with Crippen LogP contribution in [-0.4, -0.2) is 51.9 Å². The third-order valence-electron chi connectivity index (χ3n) is 5.15. The van der Waals surface area contributed by atoms with Crippen LogP contribution in [0.25, 0.3) is 0 Å². The maximum absolute atomic E-state index is 12.9. The number of piperidine rings is 1. The van der Waals surface area contributed by atoms with Gasteiger partial charge in [-0.25, -0.2) is 0 Å². The van der Waals surface area contributed by atoms with Gasteiger partial charge in [-0.3, -0.25) is 14.4 Å². The summed E-state index contributed by atoms with van der Waals surface area (Å²) in [5.41, 5.74) is -0.510. The van der Waals surface area contributed by atoms with Gasteiger partial charge in [0, 0.05) is 44.5 Å². The van der Waals surface area contributed by atoms with Gasteiger partial charge in [0.1, 0.15) is 5.54 Å². The highest BCUT2D eigenvalue weighted by Crippen LogP contribution is 2.38. The Bertz CT molecular complexity index is 697. The SMILES string of the molecule is CCn1ccc(C(=O)N2CCCC23CCCN(C)C3=O)cc1=O. The molecule has 1 unspecified atom stereocenters. The number of likely N-dealkylation sites (N-methyl/N-ethyl adjacent to an activating group) is 1. The fourth-order valence-corrected chi connectivity index (χ4v) is 3.89. The zero-order valence-corrected chi connectivity index (χ0v) is 13.7. The van der Waals surface area contributed by atoms with Gasteiger partial charge in [-0.1, -0.05) is 0 Å². The number of likely N-dealkylation sites (tertiary alicyclic amines) is 2. The fraction of sp³-hybridized carbons (Fsp3) is 0.588. The summed E-state index contributed by atoms with van der Waals surface area (Å²) in [6.07, 6.45) is 4.82. The monoisotopic (exact) mass is 317 g/mol.